The molecule has 0 aliphatic heterocycles. The van der Waals surface area contributed by atoms with Gasteiger partial charge in [-0.2, -0.15) is 0 Å². The highest BCUT2D eigenvalue weighted by atomic mass is 16.3. The maximum atomic E-state index is 12.9. The molecule has 3 aromatic carbocycles. The van der Waals surface area contributed by atoms with Crippen molar-refractivity contribution >= 4 is 16.7 Å². The van der Waals surface area contributed by atoms with Gasteiger partial charge in [-0.1, -0.05) is 54.6 Å². The number of rotatable bonds is 6. The van der Waals surface area contributed by atoms with Gasteiger partial charge < -0.3 is 15.1 Å². The Bertz CT molecular complexity index is 861. The SMILES string of the molecule is O=C(c1cc2ccccc2cc1O)N(CCO)CCc1ccccc1. The first-order valence-corrected chi connectivity index (χ1v) is 8.35. The van der Waals surface area contributed by atoms with Crippen LogP contribution in [0.3, 0.4) is 0 Å². The van der Waals surface area contributed by atoms with Crippen LogP contribution in [0.2, 0.25) is 0 Å². The smallest absolute Gasteiger partial charge is 0.257 e. The summed E-state index contributed by atoms with van der Waals surface area (Å²) in [6.45, 7) is 0.600. The largest absolute Gasteiger partial charge is 0.507 e. The van der Waals surface area contributed by atoms with Crippen molar-refractivity contribution in [2.45, 2.75) is 6.42 Å². The zero-order valence-corrected chi connectivity index (χ0v) is 13.9. The van der Waals surface area contributed by atoms with E-state index in [-0.39, 0.29) is 30.4 Å². The van der Waals surface area contributed by atoms with Crippen LogP contribution in [0.15, 0.2) is 66.7 Å². The average molecular weight is 335 g/mol. The van der Waals surface area contributed by atoms with E-state index in [1.54, 1.807) is 17.0 Å². The molecule has 3 rings (SSSR count). The molecule has 0 aliphatic carbocycles. The van der Waals surface area contributed by atoms with E-state index in [1.165, 1.54) is 0 Å². The minimum Gasteiger partial charge on any atom is -0.507 e. The highest BCUT2D eigenvalue weighted by Gasteiger charge is 2.19. The number of nitrogens with zero attached hydrogens (tertiary/aromatic N) is 1. The zero-order chi connectivity index (χ0) is 17.6. The lowest BCUT2D eigenvalue weighted by molar-refractivity contribution is 0.0721. The first-order chi connectivity index (χ1) is 12.2. The van der Waals surface area contributed by atoms with E-state index in [0.29, 0.717) is 13.0 Å². The molecule has 25 heavy (non-hydrogen) atoms. The van der Waals surface area contributed by atoms with Gasteiger partial charge >= 0.3 is 0 Å². The molecule has 0 saturated carbocycles. The standard InChI is InChI=1S/C21H21NO3/c23-13-12-22(11-10-16-6-2-1-3-7-16)21(25)19-14-17-8-4-5-9-18(17)15-20(19)24/h1-9,14-15,23-24H,10-13H2. The van der Waals surface area contributed by atoms with Crippen LogP contribution in [0.5, 0.6) is 5.75 Å². The highest BCUT2D eigenvalue weighted by molar-refractivity contribution is 6.01. The summed E-state index contributed by atoms with van der Waals surface area (Å²) in [6.07, 6.45) is 0.695. The number of phenols is 1. The normalized spacial score (nSPS) is 10.8. The third kappa shape index (κ3) is 3.98. The minimum atomic E-state index is -0.270. The van der Waals surface area contributed by atoms with Crippen molar-refractivity contribution in [3.8, 4) is 5.75 Å². The van der Waals surface area contributed by atoms with E-state index in [2.05, 4.69) is 0 Å². The summed E-state index contributed by atoms with van der Waals surface area (Å²) in [4.78, 5) is 14.5. The lowest BCUT2D eigenvalue weighted by Crippen LogP contribution is -2.35. The van der Waals surface area contributed by atoms with E-state index >= 15 is 0 Å². The molecule has 0 atom stereocenters. The van der Waals surface area contributed by atoms with E-state index in [1.807, 2.05) is 54.6 Å². The molecule has 3 aromatic rings. The third-order valence-corrected chi connectivity index (χ3v) is 4.26. The fraction of sp³-hybridized carbons (Fsp3) is 0.190. The van der Waals surface area contributed by atoms with Crippen LogP contribution in [0.25, 0.3) is 10.8 Å². The molecule has 0 spiro atoms. The number of amides is 1. The fourth-order valence-corrected chi connectivity index (χ4v) is 2.91. The first kappa shape index (κ1) is 17.0. The number of aliphatic hydroxyl groups excluding tert-OH is 1. The van der Waals surface area contributed by atoms with Crippen LogP contribution in [0.4, 0.5) is 0 Å². The number of carbonyl (C=O) groups is 1. The van der Waals surface area contributed by atoms with Crippen molar-refractivity contribution in [1.82, 2.24) is 4.90 Å². The van der Waals surface area contributed by atoms with Gasteiger partial charge in [0.05, 0.1) is 12.2 Å². The molecule has 128 valence electrons. The molecular weight excluding hydrogens is 314 g/mol. The minimum absolute atomic E-state index is 0.0358. The second-order valence-electron chi connectivity index (χ2n) is 5.97. The van der Waals surface area contributed by atoms with E-state index in [0.717, 1.165) is 16.3 Å². The molecule has 0 bridgehead atoms. The molecule has 0 radical (unpaired) electrons. The lowest BCUT2D eigenvalue weighted by Gasteiger charge is -2.22. The predicted molar refractivity (Wildman–Crippen MR) is 98.7 cm³/mol. The van der Waals surface area contributed by atoms with Gasteiger partial charge in [-0.3, -0.25) is 4.79 Å². The van der Waals surface area contributed by atoms with Gasteiger partial charge in [-0.15, -0.1) is 0 Å². The summed E-state index contributed by atoms with van der Waals surface area (Å²) in [5, 5.41) is 21.4. The molecule has 0 aliphatic rings. The van der Waals surface area contributed by atoms with Gasteiger partial charge in [-0.25, -0.2) is 0 Å². The molecular formula is C21H21NO3. The summed E-state index contributed by atoms with van der Waals surface area (Å²) >= 11 is 0. The number of aliphatic hydroxyl groups is 1. The van der Waals surface area contributed by atoms with Crippen LogP contribution in [0.1, 0.15) is 15.9 Å². The Morgan fingerprint density at radius 1 is 0.880 bits per heavy atom. The molecule has 2 N–H and O–H groups in total. The van der Waals surface area contributed by atoms with Crippen molar-refractivity contribution in [2.75, 3.05) is 19.7 Å². The Morgan fingerprint density at radius 3 is 2.20 bits per heavy atom. The van der Waals surface area contributed by atoms with Crippen molar-refractivity contribution in [2.24, 2.45) is 0 Å². The third-order valence-electron chi connectivity index (χ3n) is 4.26. The average Bonchev–Trinajstić information content (AvgIpc) is 2.65. The Morgan fingerprint density at radius 2 is 1.52 bits per heavy atom. The molecule has 1 amide bonds. The van der Waals surface area contributed by atoms with Crippen LogP contribution in [-0.4, -0.2) is 40.7 Å². The summed E-state index contributed by atoms with van der Waals surface area (Å²) in [7, 11) is 0. The van der Waals surface area contributed by atoms with Gasteiger partial charge in [0.25, 0.3) is 5.91 Å². The first-order valence-electron chi connectivity index (χ1n) is 8.35. The summed E-state index contributed by atoms with van der Waals surface area (Å²) in [6, 6.07) is 20.8. The number of carbonyl (C=O) groups excluding carboxylic acids is 1. The van der Waals surface area contributed by atoms with Crippen LogP contribution in [-0.2, 0) is 6.42 Å². The summed E-state index contributed by atoms with van der Waals surface area (Å²) < 4.78 is 0. The van der Waals surface area contributed by atoms with Gasteiger partial charge in [0.2, 0.25) is 0 Å². The molecule has 4 heteroatoms. The Balaban J connectivity index is 1.83. The molecule has 0 unspecified atom stereocenters. The maximum absolute atomic E-state index is 12.9. The predicted octanol–water partition coefficient (Wildman–Crippen LogP) is 3.22. The van der Waals surface area contributed by atoms with Crippen molar-refractivity contribution < 1.29 is 15.0 Å². The molecule has 0 saturated heterocycles. The van der Waals surface area contributed by atoms with Crippen LogP contribution < -0.4 is 0 Å². The van der Waals surface area contributed by atoms with Gasteiger partial charge in [-0.05, 0) is 34.9 Å². The number of hydrogen-bond acceptors (Lipinski definition) is 3. The zero-order valence-electron chi connectivity index (χ0n) is 13.9. The maximum Gasteiger partial charge on any atom is 0.257 e. The Hall–Kier alpha value is -2.85. The van der Waals surface area contributed by atoms with E-state index in [9.17, 15) is 15.0 Å². The van der Waals surface area contributed by atoms with Crippen molar-refractivity contribution in [3.63, 3.8) is 0 Å². The van der Waals surface area contributed by atoms with Crippen LogP contribution in [0, 0.1) is 0 Å². The number of phenolic OH excluding ortho intramolecular Hbond substituents is 1. The molecule has 0 fully saturated rings. The number of benzene rings is 3. The van der Waals surface area contributed by atoms with E-state index in [4.69, 9.17) is 0 Å². The Kier molecular flexibility index (Phi) is 5.31. The van der Waals surface area contributed by atoms with E-state index < -0.39 is 0 Å². The Labute approximate surface area is 147 Å². The number of fused-ring (bicyclic) bond motifs is 1. The summed E-state index contributed by atoms with van der Waals surface area (Å²) in [5.41, 5.74) is 1.39. The topological polar surface area (TPSA) is 60.8 Å². The second-order valence-corrected chi connectivity index (χ2v) is 5.97. The van der Waals surface area contributed by atoms with Gasteiger partial charge in [0.15, 0.2) is 0 Å². The monoisotopic (exact) mass is 335 g/mol. The van der Waals surface area contributed by atoms with Crippen molar-refractivity contribution in [1.29, 1.82) is 0 Å². The highest BCUT2D eigenvalue weighted by Crippen LogP contribution is 2.26. The molecule has 0 heterocycles. The molecule has 0 aromatic heterocycles. The second kappa shape index (κ2) is 7.81. The van der Waals surface area contributed by atoms with Crippen molar-refractivity contribution in [3.05, 3.63) is 77.9 Å². The van der Waals surface area contributed by atoms with Gasteiger partial charge in [0, 0.05) is 13.1 Å². The summed E-state index contributed by atoms with van der Waals surface area (Å²) in [5.74, 6) is -0.306. The number of hydrogen-bond donors (Lipinski definition) is 2. The van der Waals surface area contributed by atoms with Gasteiger partial charge in [0.1, 0.15) is 5.75 Å². The lowest BCUT2D eigenvalue weighted by atomic mass is 10.0. The quantitative estimate of drug-likeness (QED) is 0.727. The van der Waals surface area contributed by atoms with Crippen LogP contribution >= 0.6 is 0 Å². The number of aromatic hydroxyl groups is 1. The fourth-order valence-electron chi connectivity index (χ4n) is 2.91. The molecule has 4 nitrogen and oxygen atoms in total.